The van der Waals surface area contributed by atoms with Gasteiger partial charge in [-0.15, -0.1) is 11.3 Å². The Morgan fingerprint density at radius 1 is 1.19 bits per heavy atom. The van der Waals surface area contributed by atoms with Crippen molar-refractivity contribution in [1.82, 2.24) is 4.98 Å². The van der Waals surface area contributed by atoms with E-state index in [-0.39, 0.29) is 6.61 Å². The second-order valence-corrected chi connectivity index (χ2v) is 6.47. The zero-order chi connectivity index (χ0) is 18.4. The van der Waals surface area contributed by atoms with Gasteiger partial charge in [0.2, 0.25) is 0 Å². The molecule has 26 heavy (non-hydrogen) atoms. The van der Waals surface area contributed by atoms with Crippen molar-refractivity contribution in [2.24, 2.45) is 0 Å². The van der Waals surface area contributed by atoms with E-state index in [4.69, 9.17) is 14.2 Å². The predicted octanol–water partition coefficient (Wildman–Crippen LogP) is 4.46. The van der Waals surface area contributed by atoms with E-state index in [0.717, 1.165) is 20.8 Å². The molecule has 1 aromatic heterocycles. The second kappa shape index (κ2) is 8.49. The van der Waals surface area contributed by atoms with Crippen molar-refractivity contribution in [3.8, 4) is 11.5 Å². The van der Waals surface area contributed by atoms with Gasteiger partial charge in [0.25, 0.3) is 0 Å². The molecular formula is C20H19NO4S. The molecule has 134 valence electrons. The van der Waals surface area contributed by atoms with Crippen LogP contribution in [-0.4, -0.2) is 24.7 Å². The molecule has 2 aromatic carbocycles. The number of nitrogens with zero attached hydrogens (tertiary/aromatic N) is 1. The molecule has 5 nitrogen and oxygen atoms in total. The van der Waals surface area contributed by atoms with Crippen LogP contribution in [0.5, 0.6) is 11.5 Å². The number of benzene rings is 2. The van der Waals surface area contributed by atoms with Gasteiger partial charge in [-0.3, -0.25) is 0 Å². The van der Waals surface area contributed by atoms with Crippen molar-refractivity contribution < 1.29 is 19.0 Å². The first kappa shape index (κ1) is 17.9. The Hall–Kier alpha value is -2.86. The van der Waals surface area contributed by atoms with E-state index in [1.165, 1.54) is 17.4 Å². The normalized spacial score (nSPS) is 11.0. The maximum atomic E-state index is 11.9. The number of thiazole rings is 1. The van der Waals surface area contributed by atoms with Gasteiger partial charge in [0, 0.05) is 6.08 Å². The number of rotatable bonds is 7. The minimum Gasteiger partial charge on any atom is -0.493 e. The van der Waals surface area contributed by atoms with Gasteiger partial charge in [-0.2, -0.15) is 0 Å². The molecule has 0 unspecified atom stereocenters. The fourth-order valence-corrected chi connectivity index (χ4v) is 3.27. The highest BCUT2D eigenvalue weighted by Crippen LogP contribution is 2.28. The smallest absolute Gasteiger partial charge is 0.331 e. The largest absolute Gasteiger partial charge is 0.493 e. The topological polar surface area (TPSA) is 57.7 Å². The van der Waals surface area contributed by atoms with Crippen LogP contribution in [0, 0.1) is 0 Å². The van der Waals surface area contributed by atoms with Gasteiger partial charge in [-0.25, -0.2) is 9.78 Å². The average molecular weight is 369 g/mol. The number of methoxy groups -OCH3 is 1. The number of fused-ring (bicyclic) bond motifs is 1. The molecule has 0 bridgehead atoms. The van der Waals surface area contributed by atoms with Crippen LogP contribution in [0.4, 0.5) is 0 Å². The van der Waals surface area contributed by atoms with Crippen LogP contribution in [0.15, 0.2) is 48.5 Å². The van der Waals surface area contributed by atoms with E-state index < -0.39 is 5.97 Å². The lowest BCUT2D eigenvalue weighted by Gasteiger charge is -2.09. The Morgan fingerprint density at radius 3 is 2.81 bits per heavy atom. The van der Waals surface area contributed by atoms with Crippen molar-refractivity contribution in [2.45, 2.75) is 13.5 Å². The molecule has 1 heterocycles. The summed E-state index contributed by atoms with van der Waals surface area (Å²) in [6.07, 6.45) is 3.07. The Labute approximate surface area is 155 Å². The first-order chi connectivity index (χ1) is 12.7. The maximum absolute atomic E-state index is 11.9. The summed E-state index contributed by atoms with van der Waals surface area (Å²) in [4.78, 5) is 16.4. The minimum absolute atomic E-state index is 0.162. The molecule has 0 amide bonds. The monoisotopic (exact) mass is 369 g/mol. The lowest BCUT2D eigenvalue weighted by Crippen LogP contribution is -2.00. The lowest BCUT2D eigenvalue weighted by atomic mass is 10.2. The van der Waals surface area contributed by atoms with Gasteiger partial charge in [0.15, 0.2) is 11.5 Å². The molecular weight excluding hydrogens is 350 g/mol. The summed E-state index contributed by atoms with van der Waals surface area (Å²) in [7, 11) is 1.58. The molecule has 3 rings (SSSR count). The minimum atomic E-state index is -0.419. The third kappa shape index (κ3) is 4.40. The summed E-state index contributed by atoms with van der Waals surface area (Å²) in [5.41, 5.74) is 1.74. The molecule has 0 aliphatic heterocycles. The van der Waals surface area contributed by atoms with E-state index in [1.54, 1.807) is 13.2 Å². The summed E-state index contributed by atoms with van der Waals surface area (Å²) in [6, 6.07) is 13.3. The van der Waals surface area contributed by atoms with Gasteiger partial charge < -0.3 is 14.2 Å². The maximum Gasteiger partial charge on any atom is 0.331 e. The Kier molecular flexibility index (Phi) is 5.86. The third-order valence-corrected chi connectivity index (χ3v) is 4.59. The third-order valence-electron chi connectivity index (χ3n) is 3.58. The van der Waals surface area contributed by atoms with Crippen LogP contribution in [0.25, 0.3) is 16.3 Å². The second-order valence-electron chi connectivity index (χ2n) is 5.36. The number of carbonyl (C=O) groups excluding carboxylic acids is 1. The summed E-state index contributed by atoms with van der Waals surface area (Å²) >= 11 is 1.52. The molecule has 0 saturated carbocycles. The van der Waals surface area contributed by atoms with Crippen molar-refractivity contribution in [3.63, 3.8) is 0 Å². The lowest BCUT2D eigenvalue weighted by molar-refractivity contribution is -0.138. The molecule has 0 aliphatic rings. The summed E-state index contributed by atoms with van der Waals surface area (Å²) in [5.74, 6) is 0.875. The van der Waals surface area contributed by atoms with Gasteiger partial charge >= 0.3 is 5.97 Å². The molecule has 3 aromatic rings. The molecule has 0 radical (unpaired) electrons. The SMILES string of the molecule is CCOc1ccc(C=CC(=O)OCc2nc3ccccc3s2)cc1OC. The van der Waals surface area contributed by atoms with Crippen molar-refractivity contribution in [3.05, 3.63) is 59.1 Å². The van der Waals surface area contributed by atoms with Crippen LogP contribution in [-0.2, 0) is 16.1 Å². The number of ether oxygens (including phenoxy) is 3. The number of aromatic nitrogens is 1. The standard InChI is InChI=1S/C20H19NO4S/c1-3-24-16-10-8-14(12-17(16)23-2)9-11-20(22)25-13-19-21-15-6-4-5-7-18(15)26-19/h4-12H,3,13H2,1-2H3. The Morgan fingerprint density at radius 2 is 2.04 bits per heavy atom. The zero-order valence-electron chi connectivity index (χ0n) is 14.6. The molecule has 0 N–H and O–H groups in total. The van der Waals surface area contributed by atoms with Gasteiger partial charge in [-0.05, 0) is 42.8 Å². The number of para-hydroxylation sites is 1. The average Bonchev–Trinajstić information content (AvgIpc) is 3.08. The molecule has 0 saturated heterocycles. The first-order valence-corrected chi connectivity index (χ1v) is 9.01. The van der Waals surface area contributed by atoms with E-state index in [1.807, 2.05) is 49.4 Å². The summed E-state index contributed by atoms with van der Waals surface area (Å²) in [5, 5.41) is 0.774. The van der Waals surface area contributed by atoms with Crippen LogP contribution >= 0.6 is 11.3 Å². The zero-order valence-corrected chi connectivity index (χ0v) is 15.4. The highest BCUT2D eigenvalue weighted by atomic mass is 32.1. The van der Waals surface area contributed by atoms with Crippen LogP contribution < -0.4 is 9.47 Å². The van der Waals surface area contributed by atoms with E-state index in [2.05, 4.69) is 4.98 Å². The van der Waals surface area contributed by atoms with E-state index in [9.17, 15) is 4.79 Å². The highest BCUT2D eigenvalue weighted by molar-refractivity contribution is 7.18. The number of esters is 1. The van der Waals surface area contributed by atoms with E-state index in [0.29, 0.717) is 18.1 Å². The number of carbonyl (C=O) groups is 1. The Bertz CT molecular complexity index is 899. The van der Waals surface area contributed by atoms with Crippen molar-refractivity contribution in [2.75, 3.05) is 13.7 Å². The molecule has 0 aliphatic carbocycles. The quantitative estimate of drug-likeness (QED) is 0.455. The highest BCUT2D eigenvalue weighted by Gasteiger charge is 2.07. The van der Waals surface area contributed by atoms with Gasteiger partial charge in [0.05, 0.1) is 23.9 Å². The summed E-state index contributed by atoms with van der Waals surface area (Å²) < 4.78 is 17.1. The predicted molar refractivity (Wildman–Crippen MR) is 103 cm³/mol. The molecule has 6 heteroatoms. The molecule has 0 atom stereocenters. The van der Waals surface area contributed by atoms with Crippen molar-refractivity contribution >= 4 is 33.6 Å². The first-order valence-electron chi connectivity index (χ1n) is 8.19. The van der Waals surface area contributed by atoms with Gasteiger partial charge in [0.1, 0.15) is 11.6 Å². The van der Waals surface area contributed by atoms with E-state index >= 15 is 0 Å². The Balaban J connectivity index is 1.60. The fourth-order valence-electron chi connectivity index (χ4n) is 2.39. The molecule has 0 spiro atoms. The van der Waals surface area contributed by atoms with Gasteiger partial charge in [-0.1, -0.05) is 18.2 Å². The fraction of sp³-hybridized carbons (Fsp3) is 0.200. The number of hydrogen-bond donors (Lipinski definition) is 0. The molecule has 0 fully saturated rings. The number of hydrogen-bond acceptors (Lipinski definition) is 6. The van der Waals surface area contributed by atoms with Crippen molar-refractivity contribution in [1.29, 1.82) is 0 Å². The summed E-state index contributed by atoms with van der Waals surface area (Å²) in [6.45, 7) is 2.63. The van der Waals surface area contributed by atoms with Crippen LogP contribution in [0.1, 0.15) is 17.5 Å². The van der Waals surface area contributed by atoms with Crippen LogP contribution in [0.2, 0.25) is 0 Å². The van der Waals surface area contributed by atoms with Crippen LogP contribution in [0.3, 0.4) is 0 Å².